The highest BCUT2D eigenvalue weighted by Gasteiger charge is 2.27. The Morgan fingerprint density at radius 3 is 2.43 bits per heavy atom. The second-order valence-electron chi connectivity index (χ2n) is 5.61. The zero-order chi connectivity index (χ0) is 15.6. The number of rotatable bonds is 5. The Morgan fingerprint density at radius 2 is 1.90 bits per heavy atom. The van der Waals surface area contributed by atoms with E-state index in [2.05, 4.69) is 33.2 Å². The van der Waals surface area contributed by atoms with Crippen molar-refractivity contribution in [1.82, 2.24) is 14.2 Å². The van der Waals surface area contributed by atoms with Gasteiger partial charge in [0.25, 0.3) is 0 Å². The van der Waals surface area contributed by atoms with E-state index in [1.165, 1.54) is 17.8 Å². The van der Waals surface area contributed by atoms with Crippen molar-refractivity contribution >= 4 is 32.2 Å². The van der Waals surface area contributed by atoms with Crippen molar-refractivity contribution in [2.75, 3.05) is 70.3 Å². The van der Waals surface area contributed by atoms with E-state index >= 15 is 0 Å². The van der Waals surface area contributed by atoms with E-state index in [1.807, 2.05) is 0 Å². The van der Waals surface area contributed by atoms with Crippen molar-refractivity contribution in [1.29, 1.82) is 0 Å². The summed E-state index contributed by atoms with van der Waals surface area (Å²) in [7, 11) is 0.784. The molecule has 21 heavy (non-hydrogen) atoms. The van der Waals surface area contributed by atoms with Crippen LogP contribution in [0.15, 0.2) is 4.90 Å². The number of anilines is 2. The molecular weight excluding hydrogens is 310 g/mol. The summed E-state index contributed by atoms with van der Waals surface area (Å²) in [6.45, 7) is 5.52. The van der Waals surface area contributed by atoms with Gasteiger partial charge in [-0.15, -0.1) is 0 Å². The molecular formula is C12H23N5O2S2. The van der Waals surface area contributed by atoms with Crippen LogP contribution >= 0.6 is 11.5 Å². The Hall–Kier alpha value is -0.900. The molecule has 0 saturated carbocycles. The molecule has 1 aromatic rings. The topological polar surface area (TPSA) is 82.8 Å². The van der Waals surface area contributed by atoms with Crippen molar-refractivity contribution < 1.29 is 8.42 Å². The van der Waals surface area contributed by atoms with E-state index in [0.29, 0.717) is 5.00 Å². The zero-order valence-corrected chi connectivity index (χ0v) is 14.4. The maximum absolute atomic E-state index is 11.9. The van der Waals surface area contributed by atoms with E-state index < -0.39 is 9.84 Å². The van der Waals surface area contributed by atoms with Gasteiger partial charge in [-0.25, -0.2) is 8.42 Å². The first-order valence-electron chi connectivity index (χ1n) is 6.86. The van der Waals surface area contributed by atoms with Crippen LogP contribution in [0.4, 0.5) is 10.8 Å². The van der Waals surface area contributed by atoms with Crippen LogP contribution in [0.25, 0.3) is 0 Å². The summed E-state index contributed by atoms with van der Waals surface area (Å²) in [6.07, 6.45) is 1.18. The van der Waals surface area contributed by atoms with Crippen LogP contribution < -0.4 is 10.6 Å². The minimum absolute atomic E-state index is 0.118. The highest BCUT2D eigenvalue weighted by Crippen LogP contribution is 2.34. The number of piperazine rings is 1. The molecule has 0 aliphatic carbocycles. The van der Waals surface area contributed by atoms with E-state index in [-0.39, 0.29) is 10.7 Å². The van der Waals surface area contributed by atoms with Gasteiger partial charge < -0.3 is 15.5 Å². The third-order valence-electron chi connectivity index (χ3n) is 3.55. The molecule has 0 amide bonds. The molecule has 2 N–H and O–H groups in total. The molecule has 1 aliphatic heterocycles. The van der Waals surface area contributed by atoms with Gasteiger partial charge in [0.2, 0.25) is 0 Å². The molecule has 0 radical (unpaired) electrons. The van der Waals surface area contributed by atoms with Crippen LogP contribution in [0.3, 0.4) is 0 Å². The normalized spacial score (nSPS) is 17.6. The maximum Gasteiger partial charge on any atom is 0.182 e. The number of nitrogen functional groups attached to an aromatic ring is 1. The summed E-state index contributed by atoms with van der Waals surface area (Å²) < 4.78 is 27.7. The summed E-state index contributed by atoms with van der Waals surface area (Å²) in [6, 6.07) is 0. The monoisotopic (exact) mass is 333 g/mol. The van der Waals surface area contributed by atoms with E-state index in [1.54, 1.807) is 0 Å². The molecule has 1 saturated heterocycles. The van der Waals surface area contributed by atoms with Gasteiger partial charge >= 0.3 is 0 Å². The number of nitrogens with zero attached hydrogens (tertiary/aromatic N) is 4. The maximum atomic E-state index is 11.9. The molecule has 2 rings (SSSR count). The summed E-state index contributed by atoms with van der Waals surface area (Å²) in [5.74, 6) is 0.118. The van der Waals surface area contributed by atoms with Crippen LogP contribution in [0.2, 0.25) is 0 Å². The lowest BCUT2D eigenvalue weighted by Gasteiger charge is -2.35. The van der Waals surface area contributed by atoms with Crippen LogP contribution in [-0.4, -0.2) is 82.2 Å². The summed E-state index contributed by atoms with van der Waals surface area (Å²) >= 11 is 1.17. The third kappa shape index (κ3) is 4.06. The minimum Gasteiger partial charge on any atom is -0.382 e. The highest BCUT2D eigenvalue weighted by molar-refractivity contribution is 7.91. The number of sulfone groups is 1. The van der Waals surface area contributed by atoms with Gasteiger partial charge in [-0.2, -0.15) is 4.37 Å². The summed E-state index contributed by atoms with van der Waals surface area (Å²) in [4.78, 5) is 6.82. The first kappa shape index (κ1) is 16.5. The fraction of sp³-hybridized carbons (Fsp3) is 0.750. The predicted molar refractivity (Wildman–Crippen MR) is 86.8 cm³/mol. The van der Waals surface area contributed by atoms with Gasteiger partial charge in [-0.3, -0.25) is 4.90 Å². The Kier molecular flexibility index (Phi) is 5.07. The molecule has 1 aliphatic rings. The Morgan fingerprint density at radius 1 is 1.29 bits per heavy atom. The molecule has 1 fully saturated rings. The molecule has 7 nitrogen and oxygen atoms in total. The quantitative estimate of drug-likeness (QED) is 0.800. The molecule has 2 heterocycles. The molecule has 0 unspecified atom stereocenters. The second kappa shape index (κ2) is 6.47. The van der Waals surface area contributed by atoms with Crippen LogP contribution in [0.1, 0.15) is 0 Å². The highest BCUT2D eigenvalue weighted by atomic mass is 32.2. The molecule has 0 atom stereocenters. The van der Waals surface area contributed by atoms with Crippen molar-refractivity contribution in [3.63, 3.8) is 0 Å². The van der Waals surface area contributed by atoms with Crippen LogP contribution in [0, 0.1) is 0 Å². The van der Waals surface area contributed by atoms with Crippen molar-refractivity contribution in [2.24, 2.45) is 0 Å². The van der Waals surface area contributed by atoms with Gasteiger partial charge in [0.05, 0.1) is 0 Å². The molecule has 9 heteroatoms. The number of likely N-dealkylation sites (N-methyl/N-ethyl adjacent to an activating group) is 1. The largest absolute Gasteiger partial charge is 0.382 e. The van der Waals surface area contributed by atoms with E-state index in [0.717, 1.165) is 39.3 Å². The third-order valence-corrected chi connectivity index (χ3v) is 5.75. The molecule has 0 aromatic carbocycles. The first-order chi connectivity index (χ1) is 9.79. The summed E-state index contributed by atoms with van der Waals surface area (Å²) in [5.41, 5.74) is 5.72. The lowest BCUT2D eigenvalue weighted by Crippen LogP contribution is -2.48. The lowest BCUT2D eigenvalue weighted by molar-refractivity contribution is 0.229. The first-order valence-corrected chi connectivity index (χ1v) is 9.52. The Bertz CT molecular complexity index is 576. The minimum atomic E-state index is -3.34. The van der Waals surface area contributed by atoms with Gasteiger partial charge in [-0.1, -0.05) is 0 Å². The average molecular weight is 333 g/mol. The average Bonchev–Trinajstić information content (AvgIpc) is 2.79. The van der Waals surface area contributed by atoms with Gasteiger partial charge in [-0.05, 0) is 25.6 Å². The predicted octanol–water partition coefficient (Wildman–Crippen LogP) is -0.188. The molecule has 1 aromatic heterocycles. The number of aromatic nitrogens is 1. The van der Waals surface area contributed by atoms with Gasteiger partial charge in [0.15, 0.2) is 15.7 Å². The number of hydrogen-bond donors (Lipinski definition) is 1. The fourth-order valence-electron chi connectivity index (χ4n) is 2.35. The fourth-order valence-corrected chi connectivity index (χ4v) is 4.61. The molecule has 0 spiro atoms. The lowest BCUT2D eigenvalue weighted by atomic mass is 10.3. The van der Waals surface area contributed by atoms with Crippen molar-refractivity contribution in [3.05, 3.63) is 0 Å². The second-order valence-corrected chi connectivity index (χ2v) is 8.31. The Labute approximate surface area is 130 Å². The van der Waals surface area contributed by atoms with Gasteiger partial charge in [0, 0.05) is 45.5 Å². The van der Waals surface area contributed by atoms with Crippen LogP contribution in [-0.2, 0) is 9.84 Å². The van der Waals surface area contributed by atoms with E-state index in [9.17, 15) is 8.42 Å². The van der Waals surface area contributed by atoms with Crippen molar-refractivity contribution in [2.45, 2.75) is 4.90 Å². The Balaban J connectivity index is 2.03. The van der Waals surface area contributed by atoms with Crippen molar-refractivity contribution in [3.8, 4) is 0 Å². The number of hydrogen-bond acceptors (Lipinski definition) is 8. The SMILES string of the molecule is CN(C)CCN1CCN(c2snc(N)c2S(C)(=O)=O)CC1. The zero-order valence-electron chi connectivity index (χ0n) is 12.7. The van der Waals surface area contributed by atoms with Gasteiger partial charge in [0.1, 0.15) is 9.90 Å². The molecule has 120 valence electrons. The summed E-state index contributed by atoms with van der Waals surface area (Å²) in [5, 5.41) is 0.683. The number of nitrogens with two attached hydrogens (primary N) is 1. The smallest absolute Gasteiger partial charge is 0.182 e. The molecule has 0 bridgehead atoms. The van der Waals surface area contributed by atoms with E-state index in [4.69, 9.17) is 5.73 Å². The standard InChI is InChI=1S/C12H23N5O2S2/c1-15(2)4-5-16-6-8-17(9-7-16)12-10(21(3,18)19)11(13)14-20-12/h4-9H2,1-3H3,(H2,13,14). The van der Waals surface area contributed by atoms with Crippen LogP contribution in [0.5, 0.6) is 0 Å².